The highest BCUT2D eigenvalue weighted by Gasteiger charge is 2.20. The molecule has 0 amide bonds. The third-order valence-corrected chi connectivity index (χ3v) is 3.98. The van der Waals surface area contributed by atoms with Gasteiger partial charge in [0.1, 0.15) is 6.54 Å². The summed E-state index contributed by atoms with van der Waals surface area (Å²) in [4.78, 5) is 32.8. The molecule has 0 N–H and O–H groups in total. The molecular weight excluding hydrogens is 336 g/mol. The quantitative estimate of drug-likeness (QED) is 0.641. The Kier molecular flexibility index (Phi) is 4.04. The van der Waals surface area contributed by atoms with Crippen molar-refractivity contribution in [2.75, 3.05) is 0 Å². The van der Waals surface area contributed by atoms with E-state index in [4.69, 9.17) is 16.1 Å². The second-order valence-electron chi connectivity index (χ2n) is 6.05. The van der Waals surface area contributed by atoms with E-state index in [1.54, 1.807) is 0 Å². The SMILES string of the molecule is CC(C)Cc1noc(Cn2c(Cl)nc3c2c(=O)n(C)c(=O)n3C)n1. The van der Waals surface area contributed by atoms with Gasteiger partial charge in [-0.15, -0.1) is 0 Å². The average Bonchev–Trinajstić information content (AvgIpc) is 3.08. The molecule has 3 aromatic heterocycles. The topological polar surface area (TPSA) is 101 Å². The van der Waals surface area contributed by atoms with E-state index >= 15 is 0 Å². The van der Waals surface area contributed by atoms with Gasteiger partial charge in [-0.2, -0.15) is 9.97 Å². The normalized spacial score (nSPS) is 11.8. The van der Waals surface area contributed by atoms with Crippen LogP contribution in [0, 0.1) is 5.92 Å². The van der Waals surface area contributed by atoms with E-state index < -0.39 is 11.2 Å². The molecule has 0 fully saturated rings. The predicted molar refractivity (Wildman–Crippen MR) is 87.2 cm³/mol. The number of hydrogen-bond acceptors (Lipinski definition) is 6. The Bertz CT molecular complexity index is 1030. The summed E-state index contributed by atoms with van der Waals surface area (Å²) < 4.78 is 8.97. The molecule has 0 aliphatic carbocycles. The van der Waals surface area contributed by atoms with E-state index in [-0.39, 0.29) is 23.0 Å². The molecule has 9 nitrogen and oxygen atoms in total. The van der Waals surface area contributed by atoms with Gasteiger partial charge in [0, 0.05) is 20.5 Å². The summed E-state index contributed by atoms with van der Waals surface area (Å²) in [6, 6.07) is 0. The van der Waals surface area contributed by atoms with Crippen molar-refractivity contribution in [1.82, 2.24) is 28.8 Å². The number of aromatic nitrogens is 6. The van der Waals surface area contributed by atoms with Crippen molar-refractivity contribution in [3.8, 4) is 0 Å². The molecule has 3 heterocycles. The van der Waals surface area contributed by atoms with Crippen molar-refractivity contribution in [2.45, 2.75) is 26.8 Å². The van der Waals surface area contributed by atoms with Gasteiger partial charge in [-0.05, 0) is 17.5 Å². The van der Waals surface area contributed by atoms with Crippen LogP contribution in [0.2, 0.25) is 5.28 Å². The van der Waals surface area contributed by atoms with Crippen molar-refractivity contribution >= 4 is 22.8 Å². The van der Waals surface area contributed by atoms with Crippen LogP contribution >= 0.6 is 11.6 Å². The van der Waals surface area contributed by atoms with Crippen LogP contribution in [-0.4, -0.2) is 28.8 Å². The third kappa shape index (κ3) is 2.64. The number of nitrogens with zero attached hydrogens (tertiary/aromatic N) is 6. The standard InChI is InChI=1S/C14H17ClN6O3/c1-7(2)5-8-16-9(24-18-8)6-21-10-11(17-13(21)15)19(3)14(23)20(4)12(10)22/h7H,5-6H2,1-4H3. The van der Waals surface area contributed by atoms with Gasteiger partial charge in [-0.1, -0.05) is 19.0 Å². The highest BCUT2D eigenvalue weighted by molar-refractivity contribution is 6.29. The maximum Gasteiger partial charge on any atom is 0.332 e. The van der Waals surface area contributed by atoms with Crippen LogP contribution in [0.15, 0.2) is 14.1 Å². The summed E-state index contributed by atoms with van der Waals surface area (Å²) in [5.74, 6) is 1.32. The van der Waals surface area contributed by atoms with E-state index in [1.165, 1.54) is 23.2 Å². The zero-order chi connectivity index (χ0) is 17.6. The molecule has 0 aromatic carbocycles. The van der Waals surface area contributed by atoms with Crippen molar-refractivity contribution in [3.05, 3.63) is 37.8 Å². The summed E-state index contributed by atoms with van der Waals surface area (Å²) in [6.45, 7) is 4.22. The van der Waals surface area contributed by atoms with Crippen LogP contribution < -0.4 is 11.2 Å². The van der Waals surface area contributed by atoms with E-state index in [9.17, 15) is 9.59 Å². The molecule has 0 aliphatic heterocycles. The maximum absolute atomic E-state index is 12.4. The Morgan fingerprint density at radius 3 is 2.54 bits per heavy atom. The molecule has 0 aliphatic rings. The minimum absolute atomic E-state index is 0.0758. The molecule has 24 heavy (non-hydrogen) atoms. The third-order valence-electron chi connectivity index (χ3n) is 3.70. The van der Waals surface area contributed by atoms with Gasteiger partial charge >= 0.3 is 5.69 Å². The first-order valence-corrected chi connectivity index (χ1v) is 7.80. The van der Waals surface area contributed by atoms with Crippen molar-refractivity contribution in [2.24, 2.45) is 20.0 Å². The summed E-state index contributed by atoms with van der Waals surface area (Å²) in [5.41, 5.74) is -0.511. The van der Waals surface area contributed by atoms with Crippen LogP contribution in [0.4, 0.5) is 0 Å². The molecule has 0 spiro atoms. The first-order chi connectivity index (χ1) is 11.3. The number of halogens is 1. The summed E-state index contributed by atoms with van der Waals surface area (Å²) >= 11 is 6.16. The van der Waals surface area contributed by atoms with E-state index in [2.05, 4.69) is 29.0 Å². The molecule has 3 rings (SSSR count). The van der Waals surface area contributed by atoms with E-state index in [0.29, 0.717) is 24.1 Å². The minimum Gasteiger partial charge on any atom is -0.337 e. The largest absolute Gasteiger partial charge is 0.337 e. The molecular formula is C14H17ClN6O3. The van der Waals surface area contributed by atoms with Crippen LogP contribution in [-0.2, 0) is 27.1 Å². The predicted octanol–water partition coefficient (Wildman–Crippen LogP) is 0.717. The lowest BCUT2D eigenvalue weighted by Crippen LogP contribution is -2.37. The van der Waals surface area contributed by atoms with Crippen molar-refractivity contribution in [3.63, 3.8) is 0 Å². The number of aryl methyl sites for hydroxylation is 1. The van der Waals surface area contributed by atoms with E-state index in [1.807, 2.05) is 0 Å². The molecule has 0 atom stereocenters. The smallest absolute Gasteiger partial charge is 0.332 e. The molecule has 0 radical (unpaired) electrons. The highest BCUT2D eigenvalue weighted by atomic mass is 35.5. The van der Waals surface area contributed by atoms with Crippen molar-refractivity contribution in [1.29, 1.82) is 0 Å². The fourth-order valence-corrected chi connectivity index (χ4v) is 2.73. The second kappa shape index (κ2) is 5.90. The van der Waals surface area contributed by atoms with Crippen LogP contribution in [0.5, 0.6) is 0 Å². The van der Waals surface area contributed by atoms with Gasteiger partial charge in [0.15, 0.2) is 17.0 Å². The summed E-state index contributed by atoms with van der Waals surface area (Å²) in [5, 5.41) is 3.99. The summed E-state index contributed by atoms with van der Waals surface area (Å²) in [6.07, 6.45) is 0.693. The fourth-order valence-electron chi connectivity index (χ4n) is 2.50. The van der Waals surface area contributed by atoms with Crippen LogP contribution in [0.25, 0.3) is 11.2 Å². The first-order valence-electron chi connectivity index (χ1n) is 7.42. The van der Waals surface area contributed by atoms with Gasteiger partial charge in [0.25, 0.3) is 5.56 Å². The van der Waals surface area contributed by atoms with Gasteiger partial charge in [-0.25, -0.2) is 4.79 Å². The highest BCUT2D eigenvalue weighted by Crippen LogP contribution is 2.17. The molecule has 128 valence electrons. The van der Waals surface area contributed by atoms with Crippen LogP contribution in [0.3, 0.4) is 0 Å². The van der Waals surface area contributed by atoms with Crippen molar-refractivity contribution < 1.29 is 4.52 Å². The zero-order valence-electron chi connectivity index (χ0n) is 13.8. The average molecular weight is 353 g/mol. The Balaban J connectivity index is 2.10. The molecule has 0 saturated heterocycles. The van der Waals surface area contributed by atoms with E-state index in [0.717, 1.165) is 4.57 Å². The molecule has 0 unspecified atom stereocenters. The zero-order valence-corrected chi connectivity index (χ0v) is 14.5. The Hall–Kier alpha value is -2.42. The van der Waals surface area contributed by atoms with Gasteiger partial charge < -0.3 is 4.52 Å². The Labute approximate surface area is 141 Å². The van der Waals surface area contributed by atoms with Gasteiger partial charge in [0.05, 0.1) is 0 Å². The lowest BCUT2D eigenvalue weighted by molar-refractivity contribution is 0.365. The first kappa shape index (κ1) is 16.4. The Morgan fingerprint density at radius 1 is 1.17 bits per heavy atom. The Morgan fingerprint density at radius 2 is 1.88 bits per heavy atom. The number of hydrogen-bond donors (Lipinski definition) is 0. The number of imidazole rings is 1. The molecule has 3 aromatic rings. The monoisotopic (exact) mass is 352 g/mol. The molecule has 0 saturated carbocycles. The minimum atomic E-state index is -0.477. The lowest BCUT2D eigenvalue weighted by Gasteiger charge is -2.05. The van der Waals surface area contributed by atoms with Crippen LogP contribution in [0.1, 0.15) is 25.6 Å². The lowest BCUT2D eigenvalue weighted by atomic mass is 10.1. The number of rotatable bonds is 4. The van der Waals surface area contributed by atoms with Gasteiger partial charge in [-0.3, -0.25) is 18.5 Å². The van der Waals surface area contributed by atoms with Gasteiger partial charge in [0.2, 0.25) is 11.2 Å². The fraction of sp³-hybridized carbons (Fsp3) is 0.500. The number of fused-ring (bicyclic) bond motifs is 1. The summed E-state index contributed by atoms with van der Waals surface area (Å²) in [7, 11) is 2.94. The second-order valence-corrected chi connectivity index (χ2v) is 6.39. The maximum atomic E-state index is 12.4. The molecule has 0 bridgehead atoms. The molecule has 10 heteroatoms.